The van der Waals surface area contributed by atoms with E-state index in [9.17, 15) is 0 Å². The molecule has 1 aromatic carbocycles. The van der Waals surface area contributed by atoms with Crippen LogP contribution in [-0.4, -0.2) is 17.0 Å². The highest BCUT2D eigenvalue weighted by Gasteiger charge is 2.08. The van der Waals surface area contributed by atoms with Gasteiger partial charge in [-0.05, 0) is 5.56 Å². The summed E-state index contributed by atoms with van der Waals surface area (Å²) in [6.07, 6.45) is 0. The minimum absolute atomic E-state index is 0.271. The van der Waals surface area contributed by atoms with Crippen molar-refractivity contribution < 1.29 is 4.74 Å². The lowest BCUT2D eigenvalue weighted by Crippen LogP contribution is -2.05. The summed E-state index contributed by atoms with van der Waals surface area (Å²) in [5, 5.41) is 3.03. The Labute approximate surface area is 113 Å². The van der Waals surface area contributed by atoms with Crippen LogP contribution in [0, 0.1) is 0 Å². The summed E-state index contributed by atoms with van der Waals surface area (Å²) in [4.78, 5) is 8.83. The van der Waals surface area contributed by atoms with E-state index in [0.717, 1.165) is 17.2 Å². The molecule has 4 nitrogen and oxygen atoms in total. The highest BCUT2D eigenvalue weighted by atomic mass is 16.5. The van der Waals surface area contributed by atoms with Crippen LogP contribution in [0.15, 0.2) is 36.4 Å². The number of ether oxygens (including phenoxy) is 1. The van der Waals surface area contributed by atoms with E-state index in [1.54, 1.807) is 0 Å². The van der Waals surface area contributed by atoms with E-state index >= 15 is 0 Å². The molecular formula is C15H19N3O. The van der Waals surface area contributed by atoms with Crippen LogP contribution in [-0.2, 0) is 6.61 Å². The average molecular weight is 257 g/mol. The molecule has 1 heterocycles. The smallest absolute Gasteiger partial charge is 0.219 e. The number of benzene rings is 1. The van der Waals surface area contributed by atoms with E-state index in [-0.39, 0.29) is 5.92 Å². The molecule has 0 atom stereocenters. The SMILES string of the molecule is CNc1cc(OCc2ccccc2)nc(C(C)C)n1. The van der Waals surface area contributed by atoms with Gasteiger partial charge in [-0.1, -0.05) is 44.2 Å². The molecule has 100 valence electrons. The molecule has 1 N–H and O–H groups in total. The van der Waals surface area contributed by atoms with E-state index in [0.29, 0.717) is 12.5 Å². The molecule has 0 unspecified atom stereocenters. The van der Waals surface area contributed by atoms with Crippen LogP contribution in [0.3, 0.4) is 0 Å². The van der Waals surface area contributed by atoms with Gasteiger partial charge in [-0.2, -0.15) is 4.98 Å². The van der Waals surface area contributed by atoms with E-state index in [2.05, 4.69) is 29.1 Å². The van der Waals surface area contributed by atoms with E-state index < -0.39 is 0 Å². The van der Waals surface area contributed by atoms with Gasteiger partial charge in [-0.25, -0.2) is 4.98 Å². The molecular weight excluding hydrogens is 238 g/mol. The zero-order valence-electron chi connectivity index (χ0n) is 11.6. The first-order valence-electron chi connectivity index (χ1n) is 6.42. The summed E-state index contributed by atoms with van der Waals surface area (Å²) >= 11 is 0. The first kappa shape index (κ1) is 13.3. The van der Waals surface area contributed by atoms with Crippen LogP contribution >= 0.6 is 0 Å². The van der Waals surface area contributed by atoms with Crippen LogP contribution in [0.4, 0.5) is 5.82 Å². The molecule has 0 fully saturated rings. The predicted molar refractivity (Wildman–Crippen MR) is 76.4 cm³/mol. The zero-order chi connectivity index (χ0) is 13.7. The number of hydrogen-bond donors (Lipinski definition) is 1. The second-order valence-electron chi connectivity index (χ2n) is 4.63. The summed E-state index contributed by atoms with van der Waals surface area (Å²) in [6.45, 7) is 4.64. The Morgan fingerprint density at radius 1 is 1.16 bits per heavy atom. The summed E-state index contributed by atoms with van der Waals surface area (Å²) in [7, 11) is 1.84. The van der Waals surface area contributed by atoms with Crippen molar-refractivity contribution in [1.82, 2.24) is 9.97 Å². The molecule has 19 heavy (non-hydrogen) atoms. The van der Waals surface area contributed by atoms with Crippen molar-refractivity contribution >= 4 is 5.82 Å². The van der Waals surface area contributed by atoms with Crippen molar-refractivity contribution in [2.45, 2.75) is 26.4 Å². The van der Waals surface area contributed by atoms with Gasteiger partial charge < -0.3 is 10.1 Å². The first-order valence-corrected chi connectivity index (χ1v) is 6.42. The van der Waals surface area contributed by atoms with Crippen LogP contribution in [0.25, 0.3) is 0 Å². The number of hydrogen-bond acceptors (Lipinski definition) is 4. The number of nitrogens with one attached hydrogen (secondary N) is 1. The van der Waals surface area contributed by atoms with E-state index in [1.807, 2.05) is 43.4 Å². The maximum Gasteiger partial charge on any atom is 0.219 e. The minimum atomic E-state index is 0.271. The third kappa shape index (κ3) is 3.68. The Hall–Kier alpha value is -2.10. The molecule has 0 spiro atoms. The second-order valence-corrected chi connectivity index (χ2v) is 4.63. The molecule has 4 heteroatoms. The Morgan fingerprint density at radius 3 is 2.53 bits per heavy atom. The molecule has 0 amide bonds. The first-order chi connectivity index (χ1) is 9.19. The Morgan fingerprint density at radius 2 is 1.89 bits per heavy atom. The average Bonchev–Trinajstić information content (AvgIpc) is 2.45. The van der Waals surface area contributed by atoms with Gasteiger partial charge in [-0.3, -0.25) is 0 Å². The number of nitrogens with zero attached hydrogens (tertiary/aromatic N) is 2. The zero-order valence-corrected chi connectivity index (χ0v) is 11.6. The quantitative estimate of drug-likeness (QED) is 0.893. The summed E-state index contributed by atoms with van der Waals surface area (Å²) in [5.41, 5.74) is 1.12. The molecule has 0 aliphatic rings. The van der Waals surface area contributed by atoms with Crippen LogP contribution in [0.2, 0.25) is 0 Å². The molecule has 0 aliphatic heterocycles. The predicted octanol–water partition coefficient (Wildman–Crippen LogP) is 3.22. The topological polar surface area (TPSA) is 47.0 Å². The number of aromatic nitrogens is 2. The van der Waals surface area contributed by atoms with Gasteiger partial charge in [-0.15, -0.1) is 0 Å². The lowest BCUT2D eigenvalue weighted by atomic mass is 10.2. The lowest BCUT2D eigenvalue weighted by Gasteiger charge is -2.11. The molecule has 2 aromatic rings. The molecule has 2 rings (SSSR count). The molecule has 0 aliphatic carbocycles. The number of rotatable bonds is 5. The van der Waals surface area contributed by atoms with Gasteiger partial charge in [0, 0.05) is 19.0 Å². The molecule has 0 saturated heterocycles. The Balaban J connectivity index is 2.13. The largest absolute Gasteiger partial charge is 0.473 e. The molecule has 0 radical (unpaired) electrons. The lowest BCUT2D eigenvalue weighted by molar-refractivity contribution is 0.292. The van der Waals surface area contributed by atoms with Crippen molar-refractivity contribution in [1.29, 1.82) is 0 Å². The highest BCUT2D eigenvalue weighted by Crippen LogP contribution is 2.19. The van der Waals surface area contributed by atoms with Gasteiger partial charge in [0.25, 0.3) is 0 Å². The fourth-order valence-corrected chi connectivity index (χ4v) is 1.63. The monoisotopic (exact) mass is 257 g/mol. The van der Waals surface area contributed by atoms with E-state index in [1.165, 1.54) is 0 Å². The van der Waals surface area contributed by atoms with Crippen molar-refractivity contribution in [2.75, 3.05) is 12.4 Å². The van der Waals surface area contributed by atoms with Crippen molar-refractivity contribution in [3.63, 3.8) is 0 Å². The number of anilines is 1. The fourth-order valence-electron chi connectivity index (χ4n) is 1.63. The standard InChI is InChI=1S/C15H19N3O/c1-11(2)15-17-13(16-3)9-14(18-15)19-10-12-7-5-4-6-8-12/h4-9,11H,10H2,1-3H3,(H,16,17,18). The third-order valence-electron chi connectivity index (χ3n) is 2.72. The molecule has 0 saturated carbocycles. The summed E-state index contributed by atoms with van der Waals surface area (Å²) in [5.74, 6) is 2.44. The van der Waals surface area contributed by atoms with Gasteiger partial charge in [0.05, 0.1) is 0 Å². The second kappa shape index (κ2) is 6.18. The maximum absolute atomic E-state index is 5.73. The maximum atomic E-state index is 5.73. The van der Waals surface area contributed by atoms with Gasteiger partial charge in [0.1, 0.15) is 18.2 Å². The minimum Gasteiger partial charge on any atom is -0.473 e. The summed E-state index contributed by atoms with van der Waals surface area (Å²) < 4.78 is 5.73. The molecule has 1 aromatic heterocycles. The fraction of sp³-hybridized carbons (Fsp3) is 0.333. The van der Waals surface area contributed by atoms with Gasteiger partial charge in [0.15, 0.2) is 0 Å². The van der Waals surface area contributed by atoms with Crippen molar-refractivity contribution in [3.8, 4) is 5.88 Å². The third-order valence-corrected chi connectivity index (χ3v) is 2.72. The van der Waals surface area contributed by atoms with Crippen LogP contribution in [0.1, 0.15) is 31.2 Å². The van der Waals surface area contributed by atoms with Crippen LogP contribution < -0.4 is 10.1 Å². The summed E-state index contributed by atoms with van der Waals surface area (Å²) in [6, 6.07) is 11.9. The Kier molecular flexibility index (Phi) is 4.34. The highest BCUT2D eigenvalue weighted by molar-refractivity contribution is 5.38. The molecule has 0 bridgehead atoms. The Bertz CT molecular complexity index is 526. The van der Waals surface area contributed by atoms with Crippen molar-refractivity contribution in [3.05, 3.63) is 47.8 Å². The van der Waals surface area contributed by atoms with Gasteiger partial charge >= 0.3 is 0 Å². The van der Waals surface area contributed by atoms with Gasteiger partial charge in [0.2, 0.25) is 5.88 Å². The van der Waals surface area contributed by atoms with Crippen molar-refractivity contribution in [2.24, 2.45) is 0 Å². The van der Waals surface area contributed by atoms with E-state index in [4.69, 9.17) is 4.74 Å². The normalized spacial score (nSPS) is 10.5. The van der Waals surface area contributed by atoms with Crippen LogP contribution in [0.5, 0.6) is 5.88 Å².